The van der Waals surface area contributed by atoms with Gasteiger partial charge in [-0.05, 0) is 49.1 Å². The van der Waals surface area contributed by atoms with Gasteiger partial charge >= 0.3 is 4.87 Å². The number of non-ortho nitro benzene ring substituents is 1. The zero-order valence-electron chi connectivity index (χ0n) is 22.4. The Morgan fingerprint density at radius 1 is 1.07 bits per heavy atom. The standard InChI is InChI=1S/C28H26N4O8S2/c1-40-19-13-15(5-10-18(19)33)21-22-23(26(36)31(25(22)35)16-6-8-17(9-7-16)32(38)39)41-27-24(21)42-28(37)30(27)14-20(34)29-11-3-2-4-12-29/h5-10,13,21-23,33H,2-4,11-12,14H2,1H3. The average molecular weight is 611 g/mol. The highest BCUT2D eigenvalue weighted by atomic mass is 32.2. The second-order valence-corrected chi connectivity index (χ2v) is 12.4. The number of piperidine rings is 1. The molecule has 218 valence electrons. The molecule has 4 heterocycles. The molecule has 12 nitrogen and oxygen atoms in total. The molecule has 3 aliphatic heterocycles. The number of phenols is 1. The lowest BCUT2D eigenvalue weighted by Crippen LogP contribution is -2.39. The summed E-state index contributed by atoms with van der Waals surface area (Å²) in [6, 6.07) is 9.81. The molecule has 0 saturated carbocycles. The number of carbonyl (C=O) groups is 3. The van der Waals surface area contributed by atoms with Crippen LogP contribution in [-0.2, 0) is 20.9 Å². The molecule has 3 amide bonds. The number of anilines is 1. The fourth-order valence-corrected chi connectivity index (χ4v) is 8.63. The van der Waals surface area contributed by atoms with Crippen LogP contribution in [0.5, 0.6) is 11.5 Å². The number of rotatable bonds is 6. The number of nitro groups is 1. The van der Waals surface area contributed by atoms with Crippen LogP contribution in [0.1, 0.15) is 35.6 Å². The molecule has 3 unspecified atom stereocenters. The predicted octanol–water partition coefficient (Wildman–Crippen LogP) is 3.34. The lowest BCUT2D eigenvalue weighted by Gasteiger charge is -2.31. The number of methoxy groups -OCH3 is 1. The summed E-state index contributed by atoms with van der Waals surface area (Å²) >= 11 is 2.03. The van der Waals surface area contributed by atoms with Gasteiger partial charge in [-0.15, -0.1) is 0 Å². The van der Waals surface area contributed by atoms with Gasteiger partial charge in [0.05, 0.1) is 28.7 Å². The third-order valence-corrected chi connectivity index (χ3v) is 10.5. The average Bonchev–Trinajstić information content (AvgIpc) is 3.44. The van der Waals surface area contributed by atoms with Crippen molar-refractivity contribution < 1.29 is 29.2 Å². The van der Waals surface area contributed by atoms with E-state index >= 15 is 0 Å². The van der Waals surface area contributed by atoms with Crippen molar-refractivity contribution in [2.75, 3.05) is 25.1 Å². The van der Waals surface area contributed by atoms with Crippen LogP contribution in [0.25, 0.3) is 0 Å². The molecule has 0 bridgehead atoms. The molecule has 0 aliphatic carbocycles. The molecule has 0 spiro atoms. The number of nitrogens with zero attached hydrogens (tertiary/aromatic N) is 4. The smallest absolute Gasteiger partial charge is 0.308 e. The van der Waals surface area contributed by atoms with Crippen molar-refractivity contribution in [3.05, 3.63) is 72.7 Å². The summed E-state index contributed by atoms with van der Waals surface area (Å²) in [5.41, 5.74) is 0.584. The second-order valence-electron chi connectivity index (χ2n) is 10.3. The van der Waals surface area contributed by atoms with Gasteiger partial charge in [-0.3, -0.25) is 33.9 Å². The fraction of sp³-hybridized carbons (Fsp3) is 0.357. The lowest BCUT2D eigenvalue weighted by molar-refractivity contribution is -0.384. The lowest BCUT2D eigenvalue weighted by atomic mass is 9.83. The Labute approximate surface area is 247 Å². The Morgan fingerprint density at radius 2 is 1.79 bits per heavy atom. The molecule has 3 aromatic rings. The van der Waals surface area contributed by atoms with E-state index < -0.39 is 33.8 Å². The first-order valence-electron chi connectivity index (χ1n) is 13.4. The number of phenolic OH excluding ortho intramolecular Hbond substituents is 1. The predicted molar refractivity (Wildman–Crippen MR) is 154 cm³/mol. The van der Waals surface area contributed by atoms with Gasteiger partial charge < -0.3 is 14.7 Å². The number of aromatic hydroxyl groups is 1. The first kappa shape index (κ1) is 28.0. The summed E-state index contributed by atoms with van der Waals surface area (Å²) in [5, 5.41) is 20.9. The molecular weight excluding hydrogens is 584 g/mol. The fourth-order valence-electron chi connectivity index (χ4n) is 5.86. The SMILES string of the molecule is COc1cc(C2c3sc(=O)n(CC(=O)N4CCCCC4)c3SC3C(=O)N(c4ccc([N+](=O)[O-])cc4)C(=O)C32)ccc1O. The molecule has 1 N–H and O–H groups in total. The zero-order chi connectivity index (χ0) is 29.7. The van der Waals surface area contributed by atoms with Gasteiger partial charge in [-0.25, -0.2) is 4.90 Å². The van der Waals surface area contributed by atoms with Crippen LogP contribution in [0, 0.1) is 16.0 Å². The van der Waals surface area contributed by atoms with Crippen molar-refractivity contribution in [1.82, 2.24) is 9.47 Å². The van der Waals surface area contributed by atoms with Gasteiger partial charge in [0.25, 0.3) is 5.69 Å². The molecule has 0 radical (unpaired) electrons. The Morgan fingerprint density at radius 3 is 2.45 bits per heavy atom. The molecule has 2 aromatic carbocycles. The van der Waals surface area contributed by atoms with Crippen LogP contribution in [0.3, 0.4) is 0 Å². The quantitative estimate of drug-likeness (QED) is 0.252. The van der Waals surface area contributed by atoms with Crippen molar-refractivity contribution >= 4 is 52.2 Å². The molecule has 3 aliphatic rings. The van der Waals surface area contributed by atoms with Gasteiger partial charge in [-0.2, -0.15) is 0 Å². The summed E-state index contributed by atoms with van der Waals surface area (Å²) in [6.07, 6.45) is 2.86. The van der Waals surface area contributed by atoms with Crippen LogP contribution in [0.2, 0.25) is 0 Å². The minimum atomic E-state index is -0.921. The number of nitro benzene ring substituents is 1. The van der Waals surface area contributed by atoms with E-state index in [2.05, 4.69) is 0 Å². The minimum absolute atomic E-state index is 0.109. The van der Waals surface area contributed by atoms with Gasteiger partial charge in [-0.1, -0.05) is 29.2 Å². The third-order valence-electron chi connectivity index (χ3n) is 7.93. The summed E-state index contributed by atoms with van der Waals surface area (Å²) < 4.78 is 6.70. The van der Waals surface area contributed by atoms with Crippen LogP contribution in [0.4, 0.5) is 11.4 Å². The Bertz CT molecular complexity index is 1660. The van der Waals surface area contributed by atoms with E-state index in [-0.39, 0.29) is 40.2 Å². The van der Waals surface area contributed by atoms with Crippen LogP contribution in [-0.4, -0.2) is 62.7 Å². The second kappa shape index (κ2) is 10.9. The maximum atomic E-state index is 14.0. The van der Waals surface area contributed by atoms with E-state index in [1.165, 1.54) is 42.0 Å². The van der Waals surface area contributed by atoms with Crippen LogP contribution >= 0.6 is 23.1 Å². The first-order valence-corrected chi connectivity index (χ1v) is 15.1. The van der Waals surface area contributed by atoms with E-state index in [1.807, 2.05) is 0 Å². The van der Waals surface area contributed by atoms with Crippen molar-refractivity contribution in [3.63, 3.8) is 0 Å². The number of imide groups is 1. The molecule has 2 saturated heterocycles. The summed E-state index contributed by atoms with van der Waals surface area (Å²) in [4.78, 5) is 67.9. The molecule has 14 heteroatoms. The number of likely N-dealkylation sites (tertiary alicyclic amines) is 1. The normalized spacial score (nSPS) is 21.7. The third kappa shape index (κ3) is 4.64. The highest BCUT2D eigenvalue weighted by Gasteiger charge is 2.57. The van der Waals surface area contributed by atoms with Gasteiger partial charge in [0.1, 0.15) is 11.8 Å². The van der Waals surface area contributed by atoms with Crippen molar-refractivity contribution in [2.24, 2.45) is 5.92 Å². The number of thiazole rings is 1. The van der Waals surface area contributed by atoms with Crippen molar-refractivity contribution in [2.45, 2.75) is 42.0 Å². The van der Waals surface area contributed by atoms with E-state index in [1.54, 1.807) is 17.0 Å². The number of hydrogen-bond donors (Lipinski definition) is 1. The van der Waals surface area contributed by atoms with Gasteiger partial charge in [0.2, 0.25) is 17.7 Å². The number of amides is 3. The van der Waals surface area contributed by atoms with Gasteiger partial charge in [0.15, 0.2) is 11.5 Å². The van der Waals surface area contributed by atoms with E-state index in [0.717, 1.165) is 47.3 Å². The zero-order valence-corrected chi connectivity index (χ0v) is 24.1. The number of thioether (sulfide) groups is 1. The first-order chi connectivity index (χ1) is 20.2. The highest BCUT2D eigenvalue weighted by Crippen LogP contribution is 2.54. The Hall–Kier alpha value is -4.17. The number of hydrogen-bond acceptors (Lipinski definition) is 10. The van der Waals surface area contributed by atoms with Crippen molar-refractivity contribution in [3.8, 4) is 11.5 Å². The van der Waals surface area contributed by atoms with Crippen LogP contribution in [0.15, 0.2) is 52.3 Å². The number of carbonyl (C=O) groups excluding carboxylic acids is 3. The molecule has 3 atom stereocenters. The molecule has 42 heavy (non-hydrogen) atoms. The highest BCUT2D eigenvalue weighted by molar-refractivity contribution is 8.00. The molecule has 6 rings (SSSR count). The molecular formula is C28H26N4O8S2. The summed E-state index contributed by atoms with van der Waals surface area (Å²) in [5.74, 6) is -2.80. The minimum Gasteiger partial charge on any atom is -0.504 e. The van der Waals surface area contributed by atoms with Crippen LogP contribution < -0.4 is 14.5 Å². The number of ether oxygens (including phenoxy) is 1. The monoisotopic (exact) mass is 610 g/mol. The maximum Gasteiger partial charge on any atom is 0.308 e. The van der Waals surface area contributed by atoms with E-state index in [0.29, 0.717) is 28.6 Å². The summed E-state index contributed by atoms with van der Waals surface area (Å²) in [7, 11) is 1.39. The number of aromatic nitrogens is 1. The largest absolute Gasteiger partial charge is 0.504 e. The Balaban J connectivity index is 1.44. The van der Waals surface area contributed by atoms with E-state index in [9.17, 15) is 34.4 Å². The van der Waals surface area contributed by atoms with Crippen molar-refractivity contribution in [1.29, 1.82) is 0 Å². The maximum absolute atomic E-state index is 14.0. The Kier molecular flexibility index (Phi) is 7.27. The van der Waals surface area contributed by atoms with Gasteiger partial charge in [0, 0.05) is 36.0 Å². The number of benzene rings is 2. The number of fused-ring (bicyclic) bond motifs is 2. The summed E-state index contributed by atoms with van der Waals surface area (Å²) in [6.45, 7) is 1.09. The molecule has 1 aromatic heterocycles. The topological polar surface area (TPSA) is 152 Å². The molecule has 2 fully saturated rings. The van der Waals surface area contributed by atoms with E-state index in [4.69, 9.17) is 4.74 Å².